The van der Waals surface area contributed by atoms with Crippen LogP contribution in [0, 0.1) is 0 Å². The Morgan fingerprint density at radius 1 is 1.31 bits per heavy atom. The summed E-state index contributed by atoms with van der Waals surface area (Å²) in [7, 11) is 3.81. The number of H-pyrrole nitrogens is 1. The summed E-state index contributed by atoms with van der Waals surface area (Å²) in [5.74, 6) is 1.85. The molecular weight excluding hydrogens is 328 g/mol. The minimum atomic E-state index is 0.846. The number of nitrogens with one attached hydrogen (secondary N) is 2. The van der Waals surface area contributed by atoms with Gasteiger partial charge in [0.1, 0.15) is 11.6 Å². The van der Waals surface area contributed by atoms with Gasteiger partial charge in [-0.25, -0.2) is 4.98 Å². The van der Waals surface area contributed by atoms with E-state index in [0.29, 0.717) is 0 Å². The molecule has 0 saturated carbocycles. The molecule has 0 fully saturated rings. The van der Waals surface area contributed by atoms with E-state index in [1.165, 1.54) is 5.69 Å². The van der Waals surface area contributed by atoms with Crippen molar-refractivity contribution in [2.75, 3.05) is 27.2 Å². The fourth-order valence-corrected chi connectivity index (χ4v) is 3.44. The maximum Gasteiger partial charge on any atom is 0.121 e. The third-order valence-electron chi connectivity index (χ3n) is 4.84. The Labute approximate surface area is 153 Å². The Hall–Kier alpha value is -2.38. The summed E-state index contributed by atoms with van der Waals surface area (Å²) in [6, 6.07) is 8.14. The highest BCUT2D eigenvalue weighted by molar-refractivity contribution is 5.76. The molecule has 1 aliphatic heterocycles. The molecule has 0 aliphatic carbocycles. The zero-order chi connectivity index (χ0) is 17.9. The van der Waals surface area contributed by atoms with Crippen LogP contribution in [0.3, 0.4) is 0 Å². The Morgan fingerprint density at radius 2 is 2.23 bits per heavy atom. The summed E-state index contributed by atoms with van der Waals surface area (Å²) in [4.78, 5) is 10.4. The van der Waals surface area contributed by atoms with Crippen LogP contribution in [-0.4, -0.2) is 51.9 Å². The second-order valence-corrected chi connectivity index (χ2v) is 6.93. The summed E-state index contributed by atoms with van der Waals surface area (Å²) in [5, 5.41) is 8.20. The van der Waals surface area contributed by atoms with E-state index in [2.05, 4.69) is 38.0 Å². The largest absolute Gasteiger partial charge is 0.497 e. The van der Waals surface area contributed by atoms with Crippen molar-refractivity contribution in [1.29, 1.82) is 0 Å². The Bertz CT molecular complexity index is 860. The lowest BCUT2D eigenvalue weighted by atomic mass is 10.3. The van der Waals surface area contributed by atoms with Gasteiger partial charge in [0, 0.05) is 38.7 Å². The van der Waals surface area contributed by atoms with Crippen molar-refractivity contribution in [1.82, 2.24) is 30.0 Å². The summed E-state index contributed by atoms with van der Waals surface area (Å²) in [6.07, 6.45) is 2.02. The molecule has 26 heavy (non-hydrogen) atoms. The van der Waals surface area contributed by atoms with Crippen molar-refractivity contribution in [3.05, 3.63) is 41.5 Å². The molecule has 2 aromatic heterocycles. The van der Waals surface area contributed by atoms with Crippen LogP contribution >= 0.6 is 0 Å². The van der Waals surface area contributed by atoms with Gasteiger partial charge in [0.25, 0.3) is 0 Å². The van der Waals surface area contributed by atoms with Crippen LogP contribution in [0.2, 0.25) is 0 Å². The molecule has 0 spiro atoms. The number of aromatic amines is 1. The van der Waals surface area contributed by atoms with Crippen LogP contribution in [0.25, 0.3) is 11.0 Å². The maximum absolute atomic E-state index is 5.27. The predicted molar refractivity (Wildman–Crippen MR) is 101 cm³/mol. The van der Waals surface area contributed by atoms with Crippen molar-refractivity contribution < 1.29 is 4.74 Å². The number of hydrogen-bond donors (Lipinski definition) is 2. The highest BCUT2D eigenvalue weighted by atomic mass is 16.5. The van der Waals surface area contributed by atoms with E-state index in [0.717, 1.165) is 73.9 Å². The fraction of sp³-hybridized carbons (Fsp3) is 0.474. The molecule has 4 rings (SSSR count). The molecule has 0 amide bonds. The molecule has 3 aromatic rings. The smallest absolute Gasteiger partial charge is 0.121 e. The first-order valence-corrected chi connectivity index (χ1v) is 9.19. The van der Waals surface area contributed by atoms with Gasteiger partial charge in [-0.2, -0.15) is 5.10 Å². The van der Waals surface area contributed by atoms with Gasteiger partial charge in [0.2, 0.25) is 0 Å². The van der Waals surface area contributed by atoms with E-state index in [-0.39, 0.29) is 0 Å². The quantitative estimate of drug-likeness (QED) is 0.708. The third-order valence-corrected chi connectivity index (χ3v) is 4.84. The summed E-state index contributed by atoms with van der Waals surface area (Å²) in [6.45, 7) is 4.78. The minimum absolute atomic E-state index is 0.846. The lowest BCUT2D eigenvalue weighted by Gasteiger charge is -2.14. The monoisotopic (exact) mass is 354 g/mol. The van der Waals surface area contributed by atoms with Crippen LogP contribution < -0.4 is 10.1 Å². The number of benzene rings is 1. The van der Waals surface area contributed by atoms with Crippen molar-refractivity contribution in [3.63, 3.8) is 0 Å². The normalized spacial score (nSPS) is 14.6. The topological polar surface area (TPSA) is 71.0 Å². The van der Waals surface area contributed by atoms with Crippen molar-refractivity contribution in [3.8, 4) is 5.75 Å². The lowest BCUT2D eigenvalue weighted by Crippen LogP contribution is -2.21. The molecule has 7 heteroatoms. The Morgan fingerprint density at radius 3 is 3.12 bits per heavy atom. The average molecular weight is 354 g/mol. The average Bonchev–Trinajstić information content (AvgIpc) is 3.16. The van der Waals surface area contributed by atoms with Crippen molar-refractivity contribution >= 4 is 11.0 Å². The number of imidazole rings is 1. The molecule has 1 aromatic carbocycles. The zero-order valence-corrected chi connectivity index (χ0v) is 15.5. The van der Waals surface area contributed by atoms with E-state index < -0.39 is 0 Å². The Balaban J connectivity index is 1.36. The number of likely N-dealkylation sites (N-methyl/N-ethyl adjacent to an activating group) is 1. The van der Waals surface area contributed by atoms with Gasteiger partial charge < -0.3 is 19.9 Å². The van der Waals surface area contributed by atoms with E-state index in [4.69, 9.17) is 9.84 Å². The molecule has 3 heterocycles. The predicted octanol–water partition coefficient (Wildman–Crippen LogP) is 1.94. The summed E-state index contributed by atoms with van der Waals surface area (Å²) < 4.78 is 7.42. The summed E-state index contributed by atoms with van der Waals surface area (Å²) in [5.41, 5.74) is 4.43. The highest BCUT2D eigenvalue weighted by Gasteiger charge is 2.12. The SMILES string of the molecule is COc1ccc2nc(CCN(C)Cc3cc4n(n3)CCCNC4)[nH]c2c1. The van der Waals surface area contributed by atoms with E-state index in [1.54, 1.807) is 7.11 Å². The van der Waals surface area contributed by atoms with Gasteiger partial charge in [0.15, 0.2) is 0 Å². The second-order valence-electron chi connectivity index (χ2n) is 6.93. The van der Waals surface area contributed by atoms with Gasteiger partial charge in [-0.3, -0.25) is 4.68 Å². The maximum atomic E-state index is 5.27. The van der Waals surface area contributed by atoms with Gasteiger partial charge in [-0.1, -0.05) is 0 Å². The number of nitrogens with zero attached hydrogens (tertiary/aromatic N) is 4. The number of methoxy groups -OCH3 is 1. The van der Waals surface area contributed by atoms with Crippen molar-refractivity contribution in [2.45, 2.75) is 32.5 Å². The minimum Gasteiger partial charge on any atom is -0.497 e. The first-order chi connectivity index (χ1) is 12.7. The molecule has 0 radical (unpaired) electrons. The van der Waals surface area contributed by atoms with E-state index in [9.17, 15) is 0 Å². The number of aromatic nitrogens is 4. The van der Waals surface area contributed by atoms with Crippen LogP contribution in [-0.2, 0) is 26.1 Å². The molecule has 138 valence electrons. The fourth-order valence-electron chi connectivity index (χ4n) is 3.44. The number of hydrogen-bond acceptors (Lipinski definition) is 5. The highest BCUT2D eigenvalue weighted by Crippen LogP contribution is 2.19. The molecule has 0 unspecified atom stereocenters. The standard InChI is InChI=1S/C19H26N6O/c1-24(13-14-10-15-12-20-7-3-8-25(15)23-14)9-6-19-21-17-5-4-16(26-2)11-18(17)22-19/h4-5,10-11,20H,3,6-9,12-13H2,1-2H3,(H,21,22). The second kappa shape index (κ2) is 7.47. The molecule has 2 N–H and O–H groups in total. The van der Waals surface area contributed by atoms with Gasteiger partial charge >= 0.3 is 0 Å². The summed E-state index contributed by atoms with van der Waals surface area (Å²) >= 11 is 0. The number of fused-ring (bicyclic) bond motifs is 2. The van der Waals surface area contributed by atoms with Gasteiger partial charge in [0.05, 0.1) is 29.5 Å². The van der Waals surface area contributed by atoms with Crippen LogP contribution in [0.15, 0.2) is 24.3 Å². The van der Waals surface area contributed by atoms with Gasteiger partial charge in [-0.15, -0.1) is 0 Å². The molecule has 0 atom stereocenters. The third kappa shape index (κ3) is 3.73. The van der Waals surface area contributed by atoms with E-state index in [1.807, 2.05) is 18.2 Å². The lowest BCUT2D eigenvalue weighted by molar-refractivity contribution is 0.323. The first-order valence-electron chi connectivity index (χ1n) is 9.19. The molecule has 1 aliphatic rings. The van der Waals surface area contributed by atoms with Crippen LogP contribution in [0.4, 0.5) is 0 Å². The first kappa shape index (κ1) is 17.1. The van der Waals surface area contributed by atoms with Crippen LogP contribution in [0.1, 0.15) is 23.6 Å². The number of ether oxygens (including phenoxy) is 1. The van der Waals surface area contributed by atoms with E-state index >= 15 is 0 Å². The van der Waals surface area contributed by atoms with Crippen LogP contribution in [0.5, 0.6) is 5.75 Å². The van der Waals surface area contributed by atoms with Crippen molar-refractivity contribution in [2.24, 2.45) is 0 Å². The zero-order valence-electron chi connectivity index (χ0n) is 15.5. The van der Waals surface area contributed by atoms with Gasteiger partial charge in [-0.05, 0) is 38.2 Å². The number of aryl methyl sites for hydroxylation is 1. The molecule has 7 nitrogen and oxygen atoms in total. The number of rotatable bonds is 6. The molecule has 0 bridgehead atoms. The molecule has 0 saturated heterocycles. The molecular formula is C19H26N6O. The Kier molecular flexibility index (Phi) is 4.90.